The minimum Gasteiger partial charge on any atom is -0.459 e. The van der Waals surface area contributed by atoms with E-state index < -0.39 is 115 Å². The van der Waals surface area contributed by atoms with Gasteiger partial charge in [0.05, 0.1) is 72.4 Å². The molecule has 4 rings (SSSR count). The number of unbranched alkanes of at least 4 members (excludes halogenated alkanes) is 7. The summed E-state index contributed by atoms with van der Waals surface area (Å²) >= 11 is 0. The first-order valence-electron chi connectivity index (χ1n) is 28.9. The quantitative estimate of drug-likeness (QED) is 0.0399. The third-order valence-electron chi connectivity index (χ3n) is 17.0. The highest BCUT2D eigenvalue weighted by atomic mass is 31.2. The van der Waals surface area contributed by atoms with E-state index >= 15 is 0 Å². The lowest BCUT2D eigenvalue weighted by Crippen LogP contribution is -2.61. The Morgan fingerprint density at radius 2 is 1.47 bits per heavy atom. The van der Waals surface area contributed by atoms with E-state index in [1.54, 1.807) is 41.5 Å². The van der Waals surface area contributed by atoms with Crippen LogP contribution in [-0.4, -0.2) is 194 Å². The number of rotatable bonds is 21. The van der Waals surface area contributed by atoms with Crippen molar-refractivity contribution in [2.45, 2.75) is 244 Å². The van der Waals surface area contributed by atoms with E-state index in [-0.39, 0.29) is 37.3 Å². The molecular weight excluding hydrogens is 1010 g/mol. The fourth-order valence-corrected chi connectivity index (χ4v) is 14.5. The molecule has 3 saturated heterocycles. The molecule has 3 aliphatic rings. The average molecular weight is 1110 g/mol. The molecule has 0 unspecified atom stereocenters. The van der Waals surface area contributed by atoms with Gasteiger partial charge in [-0.3, -0.25) is 14.5 Å². The highest BCUT2D eigenvalue weighted by Crippen LogP contribution is 2.50. The number of carbonyl (C=O) groups is 3. The van der Waals surface area contributed by atoms with Gasteiger partial charge in [-0.25, -0.2) is 4.79 Å². The fraction of sp³-hybridized carbons (Fsp3) is 0.847. The average Bonchev–Trinajstić information content (AvgIpc) is 3.35. The van der Waals surface area contributed by atoms with Crippen LogP contribution in [0.2, 0.25) is 0 Å². The van der Waals surface area contributed by atoms with Crippen molar-refractivity contribution in [3.05, 3.63) is 30.3 Å². The van der Waals surface area contributed by atoms with Gasteiger partial charge in [0, 0.05) is 52.8 Å². The summed E-state index contributed by atoms with van der Waals surface area (Å²) in [5, 5.41) is 41.3. The molecule has 0 radical (unpaired) electrons. The standard InChI is InChI=1S/C59H104N3O14P/c1-18-47-59(11,68)53(76-56(66)60-32-28-23-21-19-20-22-24-29-33-77(16,17)45-30-26-25-27-31-45)42(6)62(14)37-38(2)35-57(9,67)52(75-55-50(72-44(8)63)46(61(12)13)34-39(3)70-55)40(4)49(41(5)54(65)73-47)74-48-36-58(10,69-15)51(64)43(7)71-48/h25-27,30-31,38-43,46-53,55,64,67-68H,18-24,28-29,32-37H2,1-17H3/p+1/t38-,39-,40+,41-,42-,43+,46+,47-,48+,49+,50-,51+,52-,53-,55+,57-,58-,59-/m1/s1. The number of nitrogens with one attached hydrogen (secondary N) is 1. The van der Waals surface area contributed by atoms with E-state index in [4.69, 9.17) is 37.9 Å². The molecule has 3 aliphatic heterocycles. The van der Waals surface area contributed by atoms with Crippen molar-refractivity contribution < 1.29 is 67.6 Å². The summed E-state index contributed by atoms with van der Waals surface area (Å²) in [6.07, 6.45) is 0.843. The summed E-state index contributed by atoms with van der Waals surface area (Å²) < 4.78 is 51.0. The van der Waals surface area contributed by atoms with Crippen molar-refractivity contribution in [3.63, 3.8) is 0 Å². The van der Waals surface area contributed by atoms with Gasteiger partial charge in [-0.1, -0.05) is 71.1 Å². The number of hydrogen-bond acceptors (Lipinski definition) is 16. The predicted molar refractivity (Wildman–Crippen MR) is 303 cm³/mol. The van der Waals surface area contributed by atoms with Crippen molar-refractivity contribution in [2.24, 2.45) is 17.8 Å². The van der Waals surface area contributed by atoms with Gasteiger partial charge in [0.25, 0.3) is 0 Å². The monoisotopic (exact) mass is 1110 g/mol. The number of cyclic esters (lactones) is 1. The molecule has 0 bridgehead atoms. The maximum absolute atomic E-state index is 14.9. The molecule has 1 aromatic carbocycles. The van der Waals surface area contributed by atoms with E-state index in [1.807, 2.05) is 58.6 Å². The molecule has 18 atom stereocenters. The predicted octanol–water partition coefficient (Wildman–Crippen LogP) is 7.93. The zero-order valence-electron chi connectivity index (χ0n) is 50.3. The summed E-state index contributed by atoms with van der Waals surface area (Å²) in [5.41, 5.74) is -4.62. The number of esters is 2. The Morgan fingerprint density at radius 3 is 2.05 bits per heavy atom. The highest BCUT2D eigenvalue weighted by molar-refractivity contribution is 7.81. The Kier molecular flexibility index (Phi) is 26.1. The second-order valence-electron chi connectivity index (χ2n) is 24.6. The number of likely N-dealkylation sites (N-methyl/N-ethyl adjacent to an activating group) is 2. The third-order valence-corrected chi connectivity index (χ3v) is 20.2. The first kappa shape index (κ1) is 67.0. The number of aliphatic hydroxyl groups excluding tert-OH is 1. The van der Waals surface area contributed by atoms with Gasteiger partial charge in [0.15, 0.2) is 24.8 Å². The van der Waals surface area contributed by atoms with E-state index in [0.29, 0.717) is 19.5 Å². The number of carbonyl (C=O) groups excluding carboxylic acids is 3. The smallest absolute Gasteiger partial charge is 0.407 e. The van der Waals surface area contributed by atoms with Crippen LogP contribution in [0.1, 0.15) is 153 Å². The van der Waals surface area contributed by atoms with Crippen LogP contribution in [0.3, 0.4) is 0 Å². The SMILES string of the molecule is CC[C@H]1OC(=O)[C@H](C)[C@@H](O[C@H]2C[C@@](C)(OC)[C@@H](O)[C@H](C)O2)[C@H](C)[C@@H](O[C@@H]2O[C@H](C)C[C@H](N(C)C)[C@H]2OC(C)=O)[C@](C)(O)C[C@@H](C)CN(C)[C@H](C)[C@@H](OC(=O)NCCCCCCCCCC[P+](C)(C)c2ccccc2)[C@]1(C)O. The molecule has 77 heavy (non-hydrogen) atoms. The van der Waals surface area contributed by atoms with Crippen LogP contribution in [0.4, 0.5) is 4.79 Å². The molecular formula is C59H105N3O14P+. The maximum Gasteiger partial charge on any atom is 0.407 e. The minimum atomic E-state index is -1.89. The maximum atomic E-state index is 14.9. The topological polar surface area (TPSA) is 204 Å². The van der Waals surface area contributed by atoms with Crippen LogP contribution < -0.4 is 10.6 Å². The van der Waals surface area contributed by atoms with Crippen molar-refractivity contribution >= 4 is 30.6 Å². The minimum absolute atomic E-state index is 0.0919. The van der Waals surface area contributed by atoms with Gasteiger partial charge in [-0.2, -0.15) is 0 Å². The van der Waals surface area contributed by atoms with Gasteiger partial charge in [-0.15, -0.1) is 0 Å². The zero-order chi connectivity index (χ0) is 57.6. The lowest BCUT2D eigenvalue weighted by molar-refractivity contribution is -0.318. The van der Waals surface area contributed by atoms with Crippen LogP contribution in [0.15, 0.2) is 30.3 Å². The van der Waals surface area contributed by atoms with E-state index in [2.05, 4.69) is 49.0 Å². The van der Waals surface area contributed by atoms with Gasteiger partial charge in [0.2, 0.25) is 0 Å². The Hall–Kier alpha value is -2.54. The summed E-state index contributed by atoms with van der Waals surface area (Å²) in [4.78, 5) is 45.3. The Balaban J connectivity index is 1.58. The van der Waals surface area contributed by atoms with Crippen molar-refractivity contribution in [1.82, 2.24) is 15.1 Å². The molecule has 0 saturated carbocycles. The largest absolute Gasteiger partial charge is 0.459 e. The van der Waals surface area contributed by atoms with Crippen molar-refractivity contribution in [1.29, 1.82) is 0 Å². The number of nitrogens with zero attached hydrogens (tertiary/aromatic N) is 2. The first-order valence-corrected chi connectivity index (χ1v) is 31.7. The van der Waals surface area contributed by atoms with E-state index in [9.17, 15) is 29.7 Å². The second-order valence-corrected chi connectivity index (χ2v) is 29.0. The summed E-state index contributed by atoms with van der Waals surface area (Å²) in [7, 11) is 6.09. The van der Waals surface area contributed by atoms with Crippen molar-refractivity contribution in [2.75, 3.05) is 60.8 Å². The lowest BCUT2D eigenvalue weighted by atomic mass is 9.77. The molecule has 0 spiro atoms. The molecule has 1 aromatic rings. The number of methoxy groups -OCH3 is 1. The van der Waals surface area contributed by atoms with Crippen LogP contribution in [-0.2, 0) is 47.5 Å². The molecule has 444 valence electrons. The normalized spacial score (nSPS) is 37.3. The number of amides is 1. The molecule has 18 heteroatoms. The fourth-order valence-electron chi connectivity index (χ4n) is 12.2. The molecule has 17 nitrogen and oxygen atoms in total. The van der Waals surface area contributed by atoms with Crippen molar-refractivity contribution in [3.8, 4) is 0 Å². The van der Waals surface area contributed by atoms with Crippen LogP contribution >= 0.6 is 7.26 Å². The summed E-state index contributed by atoms with van der Waals surface area (Å²) in [6, 6.07) is 10.0. The first-order chi connectivity index (χ1) is 36.0. The van der Waals surface area contributed by atoms with E-state index in [0.717, 1.165) is 25.7 Å². The van der Waals surface area contributed by atoms with Crippen LogP contribution in [0.25, 0.3) is 0 Å². The Labute approximate surface area is 464 Å². The number of aliphatic hydroxyl groups is 3. The lowest BCUT2D eigenvalue weighted by Gasteiger charge is -2.49. The van der Waals surface area contributed by atoms with Gasteiger partial charge < -0.3 is 63.4 Å². The Morgan fingerprint density at radius 1 is 0.857 bits per heavy atom. The molecule has 4 N–H and O–H groups in total. The molecule has 3 heterocycles. The van der Waals surface area contributed by atoms with E-state index in [1.165, 1.54) is 51.2 Å². The zero-order valence-corrected chi connectivity index (χ0v) is 51.2. The number of hydrogen-bond donors (Lipinski definition) is 4. The molecule has 1 amide bonds. The van der Waals surface area contributed by atoms with Gasteiger partial charge >= 0.3 is 18.0 Å². The number of benzene rings is 1. The van der Waals surface area contributed by atoms with Crippen LogP contribution in [0.5, 0.6) is 0 Å². The number of alkyl carbamates (subject to hydrolysis) is 1. The molecule has 0 aliphatic carbocycles. The third kappa shape index (κ3) is 18.7. The van der Waals surface area contributed by atoms with Gasteiger partial charge in [0.1, 0.15) is 17.8 Å². The second kappa shape index (κ2) is 30.0. The molecule has 0 aromatic heterocycles. The summed E-state index contributed by atoms with van der Waals surface area (Å²) in [6.45, 7) is 24.8. The number of ether oxygens (including phenoxy) is 8. The van der Waals surface area contributed by atoms with Crippen LogP contribution in [0, 0.1) is 17.8 Å². The Bertz CT molecular complexity index is 1950. The summed E-state index contributed by atoms with van der Waals surface area (Å²) in [5.74, 6) is -3.40. The highest BCUT2D eigenvalue weighted by Gasteiger charge is 2.54. The molecule has 3 fully saturated rings. The van der Waals surface area contributed by atoms with Gasteiger partial charge in [-0.05, 0) is 126 Å².